The van der Waals surface area contributed by atoms with Gasteiger partial charge in [-0.25, -0.2) is 4.79 Å². The van der Waals surface area contributed by atoms with Crippen LogP contribution in [0.25, 0.3) is 0 Å². The topological polar surface area (TPSA) is 69.6 Å². The Kier molecular flexibility index (Phi) is 4.82. The molecule has 0 spiro atoms. The van der Waals surface area contributed by atoms with Crippen molar-refractivity contribution in [2.45, 2.75) is 51.7 Å². The molecule has 2 N–H and O–H groups in total. The number of halogens is 3. The summed E-state index contributed by atoms with van der Waals surface area (Å²) in [5, 5.41) is 11.8. The summed E-state index contributed by atoms with van der Waals surface area (Å²) in [6, 6.07) is -0.695. The van der Waals surface area contributed by atoms with Crippen molar-refractivity contribution >= 4 is 12.0 Å². The van der Waals surface area contributed by atoms with Gasteiger partial charge in [-0.1, -0.05) is 26.7 Å². The molecule has 0 aromatic heterocycles. The molecule has 3 atom stereocenters. The first-order valence-corrected chi connectivity index (χ1v) is 7.87. The maximum Gasteiger partial charge on any atom is 0.394 e. The Morgan fingerprint density at radius 1 is 1.22 bits per heavy atom. The quantitative estimate of drug-likeness (QED) is 0.815. The van der Waals surface area contributed by atoms with Gasteiger partial charge >= 0.3 is 18.2 Å². The molecular formula is C15H23F3N2O3. The van der Waals surface area contributed by atoms with Crippen molar-refractivity contribution in [2.24, 2.45) is 17.3 Å². The van der Waals surface area contributed by atoms with Gasteiger partial charge in [0.1, 0.15) is 0 Å². The summed E-state index contributed by atoms with van der Waals surface area (Å²) < 4.78 is 38.9. The first-order chi connectivity index (χ1) is 10.5. The molecule has 1 saturated heterocycles. The molecule has 5 nitrogen and oxygen atoms in total. The van der Waals surface area contributed by atoms with Crippen molar-refractivity contribution in [3.05, 3.63) is 0 Å². The lowest BCUT2D eigenvalue weighted by Gasteiger charge is -2.39. The molecule has 2 aliphatic rings. The van der Waals surface area contributed by atoms with Crippen LogP contribution in [0.4, 0.5) is 18.0 Å². The molecule has 1 saturated carbocycles. The van der Waals surface area contributed by atoms with Gasteiger partial charge in [0.25, 0.3) is 0 Å². The Morgan fingerprint density at radius 2 is 1.87 bits per heavy atom. The van der Waals surface area contributed by atoms with Gasteiger partial charge in [0.05, 0.1) is 11.8 Å². The fraction of sp³-hybridized carbons (Fsp3) is 0.867. The van der Waals surface area contributed by atoms with Gasteiger partial charge in [-0.2, -0.15) is 13.2 Å². The van der Waals surface area contributed by atoms with Crippen molar-refractivity contribution in [1.29, 1.82) is 0 Å². The van der Waals surface area contributed by atoms with Crippen molar-refractivity contribution in [2.75, 3.05) is 13.1 Å². The van der Waals surface area contributed by atoms with E-state index >= 15 is 0 Å². The van der Waals surface area contributed by atoms with Gasteiger partial charge in [0.2, 0.25) is 0 Å². The molecular weight excluding hydrogens is 313 g/mol. The maximum atomic E-state index is 13.0. The Bertz CT molecular complexity index is 479. The van der Waals surface area contributed by atoms with Crippen LogP contribution in [-0.4, -0.2) is 47.3 Å². The predicted octanol–water partition coefficient (Wildman–Crippen LogP) is 2.86. The molecule has 1 aliphatic carbocycles. The Labute approximate surface area is 133 Å². The minimum atomic E-state index is -4.62. The number of carboxylic acids is 1. The van der Waals surface area contributed by atoms with E-state index in [1.807, 2.05) is 13.8 Å². The van der Waals surface area contributed by atoms with Crippen LogP contribution >= 0.6 is 0 Å². The van der Waals surface area contributed by atoms with Gasteiger partial charge in [0.15, 0.2) is 0 Å². The number of hydrogen-bond acceptors (Lipinski definition) is 2. The molecule has 2 fully saturated rings. The molecule has 1 heterocycles. The van der Waals surface area contributed by atoms with Crippen LogP contribution in [0.15, 0.2) is 0 Å². The third-order valence-corrected chi connectivity index (χ3v) is 5.15. The second-order valence-corrected chi connectivity index (χ2v) is 7.23. The second-order valence-electron chi connectivity index (χ2n) is 7.23. The number of likely N-dealkylation sites (tertiary alicyclic amines) is 1. The number of alkyl halides is 3. The lowest BCUT2D eigenvalue weighted by molar-refractivity contribution is -0.187. The summed E-state index contributed by atoms with van der Waals surface area (Å²) in [6.45, 7) is 3.05. The first kappa shape index (κ1) is 17.9. The van der Waals surface area contributed by atoms with E-state index in [0.717, 1.165) is 30.6 Å². The van der Waals surface area contributed by atoms with E-state index < -0.39 is 43.1 Å². The number of carbonyl (C=O) groups is 2. The number of hydrogen-bond donors (Lipinski definition) is 2. The number of carboxylic acid groups (broad SMARTS) is 1. The molecule has 1 unspecified atom stereocenters. The molecule has 0 aromatic carbocycles. The Balaban J connectivity index is 2.04. The van der Waals surface area contributed by atoms with Crippen LogP contribution in [0.1, 0.15) is 39.5 Å². The van der Waals surface area contributed by atoms with E-state index in [0.29, 0.717) is 0 Å². The lowest BCUT2D eigenvalue weighted by atomic mass is 9.73. The molecule has 1 aliphatic heterocycles. The fourth-order valence-electron chi connectivity index (χ4n) is 3.55. The number of urea groups is 1. The molecule has 132 valence electrons. The standard InChI is InChI=1S/C15H23F3N2O3/c1-14(2)6-4-3-5-11(14)19-13(23)20-7-9(12(21)22)10(8-20)15(16,17)18/h9-11H,3-8H2,1-2H3,(H,19,23)(H,21,22)/t9-,10-,11?/m1/s1. The van der Waals surface area contributed by atoms with E-state index in [1.54, 1.807) is 0 Å². The van der Waals surface area contributed by atoms with Gasteiger partial charge in [0, 0.05) is 19.1 Å². The van der Waals surface area contributed by atoms with Crippen molar-refractivity contribution < 1.29 is 27.9 Å². The lowest BCUT2D eigenvalue weighted by Crippen LogP contribution is -2.51. The number of carbonyl (C=O) groups excluding carboxylic acids is 1. The van der Waals surface area contributed by atoms with Crippen molar-refractivity contribution in [1.82, 2.24) is 10.2 Å². The second kappa shape index (κ2) is 6.20. The molecule has 0 aromatic rings. The normalized spacial score (nSPS) is 31.0. The van der Waals surface area contributed by atoms with Crippen LogP contribution in [0.5, 0.6) is 0 Å². The molecule has 2 rings (SSSR count). The highest BCUT2D eigenvalue weighted by molar-refractivity contribution is 5.78. The van der Waals surface area contributed by atoms with Gasteiger partial charge in [-0.3, -0.25) is 4.79 Å². The third-order valence-electron chi connectivity index (χ3n) is 5.15. The van der Waals surface area contributed by atoms with Crippen LogP contribution in [0.3, 0.4) is 0 Å². The van der Waals surface area contributed by atoms with Crippen LogP contribution in [0.2, 0.25) is 0 Å². The summed E-state index contributed by atoms with van der Waals surface area (Å²) in [6.07, 6.45) is -0.849. The Hall–Kier alpha value is -1.47. The van der Waals surface area contributed by atoms with E-state index in [-0.39, 0.29) is 11.5 Å². The number of nitrogens with zero attached hydrogens (tertiary/aromatic N) is 1. The summed E-state index contributed by atoms with van der Waals surface area (Å²) in [5.74, 6) is -5.12. The van der Waals surface area contributed by atoms with E-state index in [4.69, 9.17) is 5.11 Å². The molecule has 23 heavy (non-hydrogen) atoms. The molecule has 2 amide bonds. The minimum Gasteiger partial charge on any atom is -0.481 e. The molecule has 8 heteroatoms. The zero-order valence-corrected chi connectivity index (χ0v) is 13.3. The monoisotopic (exact) mass is 336 g/mol. The zero-order chi connectivity index (χ0) is 17.4. The smallest absolute Gasteiger partial charge is 0.394 e. The average Bonchev–Trinajstić information content (AvgIpc) is 2.86. The predicted molar refractivity (Wildman–Crippen MR) is 76.8 cm³/mol. The fourth-order valence-corrected chi connectivity index (χ4v) is 3.55. The summed E-state index contributed by atoms with van der Waals surface area (Å²) >= 11 is 0. The third kappa shape index (κ3) is 3.90. The summed E-state index contributed by atoms with van der Waals surface area (Å²) in [7, 11) is 0. The van der Waals surface area contributed by atoms with Crippen LogP contribution in [0, 0.1) is 17.3 Å². The van der Waals surface area contributed by atoms with Crippen molar-refractivity contribution in [3.63, 3.8) is 0 Å². The summed E-state index contributed by atoms with van der Waals surface area (Å²) in [5.41, 5.74) is -0.108. The largest absolute Gasteiger partial charge is 0.481 e. The minimum absolute atomic E-state index is 0.100. The molecule has 0 bridgehead atoms. The van der Waals surface area contributed by atoms with Crippen LogP contribution < -0.4 is 5.32 Å². The van der Waals surface area contributed by atoms with E-state index in [1.165, 1.54) is 0 Å². The SMILES string of the molecule is CC1(C)CCCCC1NC(=O)N1C[C@@H](C(F)(F)F)[C@H](C(=O)O)C1. The average molecular weight is 336 g/mol. The van der Waals surface area contributed by atoms with E-state index in [2.05, 4.69) is 5.32 Å². The number of nitrogens with one attached hydrogen (secondary N) is 1. The Morgan fingerprint density at radius 3 is 2.35 bits per heavy atom. The van der Waals surface area contributed by atoms with Gasteiger partial charge in [-0.15, -0.1) is 0 Å². The van der Waals surface area contributed by atoms with Gasteiger partial charge in [-0.05, 0) is 18.3 Å². The summed E-state index contributed by atoms with van der Waals surface area (Å²) in [4.78, 5) is 24.3. The first-order valence-electron chi connectivity index (χ1n) is 7.87. The highest BCUT2D eigenvalue weighted by Gasteiger charge is 2.53. The maximum absolute atomic E-state index is 13.0. The van der Waals surface area contributed by atoms with Crippen LogP contribution in [-0.2, 0) is 4.79 Å². The van der Waals surface area contributed by atoms with Crippen molar-refractivity contribution in [3.8, 4) is 0 Å². The number of amides is 2. The molecule has 0 radical (unpaired) electrons. The van der Waals surface area contributed by atoms with E-state index in [9.17, 15) is 22.8 Å². The van der Waals surface area contributed by atoms with Gasteiger partial charge < -0.3 is 15.3 Å². The highest BCUT2D eigenvalue weighted by atomic mass is 19.4. The number of aliphatic carboxylic acids is 1. The number of rotatable bonds is 2. The highest BCUT2D eigenvalue weighted by Crippen LogP contribution is 2.39. The zero-order valence-electron chi connectivity index (χ0n) is 13.3.